The highest BCUT2D eigenvalue weighted by molar-refractivity contribution is 5.12. The number of rotatable bonds is 5. The Morgan fingerprint density at radius 1 is 1.19 bits per heavy atom. The molecule has 0 bridgehead atoms. The van der Waals surface area contributed by atoms with Gasteiger partial charge in [-0.1, -0.05) is 11.6 Å². The van der Waals surface area contributed by atoms with Crippen LogP contribution >= 0.6 is 0 Å². The number of likely N-dealkylation sites (tertiary alicyclic amines) is 1. The topological polar surface area (TPSA) is 77.1 Å². The Morgan fingerprint density at radius 2 is 1.96 bits per heavy atom. The van der Waals surface area contributed by atoms with Crippen molar-refractivity contribution in [3.8, 4) is 0 Å². The fourth-order valence-electron chi connectivity index (χ4n) is 3.76. The first-order valence-corrected chi connectivity index (χ1v) is 9.67. The summed E-state index contributed by atoms with van der Waals surface area (Å²) in [5.74, 6) is 2.64. The van der Waals surface area contributed by atoms with E-state index in [4.69, 9.17) is 4.52 Å². The second-order valence-corrected chi connectivity index (χ2v) is 7.81. The van der Waals surface area contributed by atoms with Crippen molar-refractivity contribution < 1.29 is 4.52 Å². The van der Waals surface area contributed by atoms with E-state index in [1.807, 2.05) is 13.8 Å². The standard InChI is InChI=1S/C19H27N5O2/c1-13-14(2)20-12-24(19(13)25)10-15-6-8-23(9-7-15)11-17-21-18(26-22-17)16-4-3-5-16/h12,15-16H,3-11H2,1-2H3. The van der Waals surface area contributed by atoms with Gasteiger partial charge >= 0.3 is 0 Å². The van der Waals surface area contributed by atoms with E-state index in [2.05, 4.69) is 20.0 Å². The maximum absolute atomic E-state index is 12.3. The lowest BCUT2D eigenvalue weighted by molar-refractivity contribution is 0.161. The van der Waals surface area contributed by atoms with Crippen molar-refractivity contribution in [3.63, 3.8) is 0 Å². The van der Waals surface area contributed by atoms with Gasteiger partial charge in [0.05, 0.1) is 12.9 Å². The molecule has 2 aromatic heterocycles. The normalized spacial score (nSPS) is 19.6. The zero-order valence-electron chi connectivity index (χ0n) is 15.6. The van der Waals surface area contributed by atoms with Crippen molar-refractivity contribution in [2.24, 2.45) is 5.92 Å². The minimum atomic E-state index is 0.0928. The predicted octanol–water partition coefficient (Wildman–Crippen LogP) is 2.42. The summed E-state index contributed by atoms with van der Waals surface area (Å²) in [6, 6.07) is 0. The minimum Gasteiger partial charge on any atom is -0.339 e. The number of hydrogen-bond acceptors (Lipinski definition) is 6. The summed E-state index contributed by atoms with van der Waals surface area (Å²) in [5, 5.41) is 4.15. The summed E-state index contributed by atoms with van der Waals surface area (Å²) in [6.45, 7) is 7.26. The predicted molar refractivity (Wildman–Crippen MR) is 96.9 cm³/mol. The fourth-order valence-corrected chi connectivity index (χ4v) is 3.76. The maximum Gasteiger partial charge on any atom is 0.256 e. The zero-order valence-corrected chi connectivity index (χ0v) is 15.6. The zero-order chi connectivity index (χ0) is 18.1. The van der Waals surface area contributed by atoms with Gasteiger partial charge in [-0.3, -0.25) is 14.3 Å². The third kappa shape index (κ3) is 3.58. The van der Waals surface area contributed by atoms with E-state index in [1.165, 1.54) is 19.3 Å². The van der Waals surface area contributed by atoms with E-state index >= 15 is 0 Å². The van der Waals surface area contributed by atoms with Gasteiger partial charge in [0, 0.05) is 23.7 Å². The molecule has 0 radical (unpaired) electrons. The van der Waals surface area contributed by atoms with Crippen molar-refractivity contribution in [2.45, 2.75) is 65.0 Å². The van der Waals surface area contributed by atoms with Gasteiger partial charge in [-0.2, -0.15) is 4.98 Å². The molecule has 0 unspecified atom stereocenters. The van der Waals surface area contributed by atoms with Gasteiger partial charge in [-0.15, -0.1) is 0 Å². The first-order chi connectivity index (χ1) is 12.6. The number of aromatic nitrogens is 4. The Hall–Kier alpha value is -2.02. The van der Waals surface area contributed by atoms with Crippen LogP contribution in [0.1, 0.15) is 61.0 Å². The van der Waals surface area contributed by atoms with Crippen molar-refractivity contribution in [2.75, 3.05) is 13.1 Å². The van der Waals surface area contributed by atoms with Crippen LogP contribution in [0.2, 0.25) is 0 Å². The molecule has 0 aromatic carbocycles. The molecule has 3 heterocycles. The van der Waals surface area contributed by atoms with Crippen LogP contribution in [0.25, 0.3) is 0 Å². The highest BCUT2D eigenvalue weighted by atomic mass is 16.5. The molecule has 1 saturated heterocycles. The summed E-state index contributed by atoms with van der Waals surface area (Å²) in [5.41, 5.74) is 1.67. The molecular weight excluding hydrogens is 330 g/mol. The van der Waals surface area contributed by atoms with Gasteiger partial charge in [0.1, 0.15) is 0 Å². The van der Waals surface area contributed by atoms with Gasteiger partial charge in [-0.05, 0) is 58.5 Å². The van der Waals surface area contributed by atoms with Crippen LogP contribution in [0.5, 0.6) is 0 Å². The molecular formula is C19H27N5O2. The van der Waals surface area contributed by atoms with Gasteiger partial charge in [-0.25, -0.2) is 4.98 Å². The molecule has 0 N–H and O–H groups in total. The Kier molecular flexibility index (Phi) is 4.89. The van der Waals surface area contributed by atoms with Crippen LogP contribution in [0.3, 0.4) is 0 Å². The molecule has 140 valence electrons. The fraction of sp³-hybridized carbons (Fsp3) is 0.684. The highest BCUT2D eigenvalue weighted by Gasteiger charge is 2.26. The lowest BCUT2D eigenvalue weighted by Crippen LogP contribution is -2.36. The average molecular weight is 357 g/mol. The monoisotopic (exact) mass is 357 g/mol. The smallest absolute Gasteiger partial charge is 0.256 e. The molecule has 2 aliphatic rings. The Labute approximate surface area is 153 Å². The van der Waals surface area contributed by atoms with Crippen LogP contribution in [-0.2, 0) is 13.1 Å². The summed E-state index contributed by atoms with van der Waals surface area (Å²) < 4.78 is 7.18. The Morgan fingerprint density at radius 3 is 2.65 bits per heavy atom. The average Bonchev–Trinajstić information content (AvgIpc) is 3.03. The van der Waals surface area contributed by atoms with E-state index in [1.54, 1.807) is 10.9 Å². The van der Waals surface area contributed by atoms with Crippen molar-refractivity contribution in [3.05, 3.63) is 39.7 Å². The molecule has 4 rings (SSSR count). The molecule has 0 amide bonds. The molecule has 7 heteroatoms. The molecule has 0 spiro atoms. The van der Waals surface area contributed by atoms with Gasteiger partial charge in [0.15, 0.2) is 5.82 Å². The summed E-state index contributed by atoms with van der Waals surface area (Å²) >= 11 is 0. The lowest BCUT2D eigenvalue weighted by atomic mass is 9.85. The highest BCUT2D eigenvalue weighted by Crippen LogP contribution is 2.35. The molecule has 2 fully saturated rings. The molecule has 26 heavy (non-hydrogen) atoms. The molecule has 0 atom stereocenters. The van der Waals surface area contributed by atoms with Crippen LogP contribution in [0, 0.1) is 19.8 Å². The van der Waals surface area contributed by atoms with Crippen LogP contribution in [0.15, 0.2) is 15.6 Å². The number of nitrogens with zero attached hydrogens (tertiary/aromatic N) is 5. The van der Waals surface area contributed by atoms with Crippen molar-refractivity contribution in [1.82, 2.24) is 24.6 Å². The summed E-state index contributed by atoms with van der Waals surface area (Å²) in [7, 11) is 0. The third-order valence-corrected chi connectivity index (χ3v) is 5.98. The van der Waals surface area contributed by atoms with Gasteiger partial charge in [0.25, 0.3) is 5.56 Å². The van der Waals surface area contributed by atoms with E-state index in [0.29, 0.717) is 11.8 Å². The van der Waals surface area contributed by atoms with E-state index in [-0.39, 0.29) is 5.56 Å². The SMILES string of the molecule is Cc1ncn(CC2CCN(Cc3noc(C4CCC4)n3)CC2)c(=O)c1C. The number of hydrogen-bond donors (Lipinski definition) is 0. The van der Waals surface area contributed by atoms with E-state index < -0.39 is 0 Å². The molecule has 1 saturated carbocycles. The molecule has 1 aliphatic carbocycles. The van der Waals surface area contributed by atoms with Gasteiger partial charge < -0.3 is 4.52 Å². The Balaban J connectivity index is 1.29. The quantitative estimate of drug-likeness (QED) is 0.818. The number of piperidine rings is 1. The van der Waals surface area contributed by atoms with E-state index in [0.717, 1.165) is 62.0 Å². The number of aryl methyl sites for hydroxylation is 1. The first kappa shape index (κ1) is 17.4. The third-order valence-electron chi connectivity index (χ3n) is 5.98. The minimum absolute atomic E-state index is 0.0928. The van der Waals surface area contributed by atoms with Crippen LogP contribution in [0.4, 0.5) is 0 Å². The van der Waals surface area contributed by atoms with Crippen LogP contribution < -0.4 is 5.56 Å². The largest absolute Gasteiger partial charge is 0.339 e. The lowest BCUT2D eigenvalue weighted by Gasteiger charge is -2.31. The molecule has 1 aliphatic heterocycles. The van der Waals surface area contributed by atoms with E-state index in [9.17, 15) is 4.79 Å². The molecule has 7 nitrogen and oxygen atoms in total. The van der Waals surface area contributed by atoms with Crippen molar-refractivity contribution >= 4 is 0 Å². The first-order valence-electron chi connectivity index (χ1n) is 9.67. The van der Waals surface area contributed by atoms with Gasteiger partial charge in [0.2, 0.25) is 5.89 Å². The second kappa shape index (κ2) is 7.31. The summed E-state index contributed by atoms with van der Waals surface area (Å²) in [4.78, 5) is 23.6. The van der Waals surface area contributed by atoms with Crippen LogP contribution in [-0.4, -0.2) is 37.7 Å². The van der Waals surface area contributed by atoms with Crippen molar-refractivity contribution in [1.29, 1.82) is 0 Å². The summed E-state index contributed by atoms with van der Waals surface area (Å²) in [6.07, 6.45) is 7.48. The maximum atomic E-state index is 12.3. The molecule has 2 aromatic rings. The second-order valence-electron chi connectivity index (χ2n) is 7.81. The Bertz CT molecular complexity index is 816.